The number of amides is 1. The predicted molar refractivity (Wildman–Crippen MR) is 79.2 cm³/mol. The summed E-state index contributed by atoms with van der Waals surface area (Å²) >= 11 is 0. The lowest BCUT2D eigenvalue weighted by Crippen LogP contribution is -2.40. The van der Waals surface area contributed by atoms with Crippen LogP contribution in [0.15, 0.2) is 46.1 Å². The smallest absolute Gasteiger partial charge is 0.251 e. The summed E-state index contributed by atoms with van der Waals surface area (Å²) in [5, 5.41) is 3.13. The molecule has 1 heterocycles. The molecule has 1 saturated heterocycles. The first-order valence-corrected chi connectivity index (χ1v) is 7.67. The lowest BCUT2D eigenvalue weighted by atomic mass is 10.1. The molecule has 0 aromatic rings. The second-order valence-electron chi connectivity index (χ2n) is 6.03. The predicted octanol–water partition coefficient (Wildman–Crippen LogP) is 2.09. The van der Waals surface area contributed by atoms with Gasteiger partial charge in [-0.05, 0) is 66.8 Å². The number of likely N-dealkylation sites (tertiary alicyclic amines) is 1. The number of carbonyl (C=O) groups excluding carboxylic acids is 1. The third-order valence-electron chi connectivity index (χ3n) is 4.92. The highest BCUT2D eigenvalue weighted by Crippen LogP contribution is 2.51. The molecule has 0 radical (unpaired) electrons. The van der Waals surface area contributed by atoms with E-state index in [4.69, 9.17) is 0 Å². The van der Waals surface area contributed by atoms with Crippen LogP contribution in [0.2, 0.25) is 0 Å². The van der Waals surface area contributed by atoms with Crippen molar-refractivity contribution in [2.24, 2.45) is 0 Å². The largest absolute Gasteiger partial charge is 0.350 e. The third kappa shape index (κ3) is 1.80. The van der Waals surface area contributed by atoms with E-state index in [2.05, 4.69) is 29.3 Å². The summed E-state index contributed by atoms with van der Waals surface area (Å²) in [5.41, 5.74) is 6.18. The number of allylic oxidation sites excluding steroid dienone is 6. The number of carbonyl (C=O) groups is 1. The van der Waals surface area contributed by atoms with E-state index in [-0.39, 0.29) is 5.91 Å². The van der Waals surface area contributed by atoms with Gasteiger partial charge in [0, 0.05) is 18.2 Å². The Bertz CT molecular complexity index is 606. The van der Waals surface area contributed by atoms with Crippen LogP contribution in [0.3, 0.4) is 0 Å². The molecule has 3 aliphatic carbocycles. The van der Waals surface area contributed by atoms with Crippen LogP contribution in [-0.2, 0) is 4.79 Å². The van der Waals surface area contributed by atoms with Crippen molar-refractivity contribution in [1.29, 1.82) is 0 Å². The van der Waals surface area contributed by atoms with Gasteiger partial charge >= 0.3 is 0 Å². The molecule has 20 heavy (non-hydrogen) atoms. The van der Waals surface area contributed by atoms with Crippen LogP contribution >= 0.6 is 0 Å². The van der Waals surface area contributed by atoms with Crippen LogP contribution in [0.4, 0.5) is 0 Å². The molecule has 1 aliphatic heterocycles. The van der Waals surface area contributed by atoms with Gasteiger partial charge < -0.3 is 5.32 Å². The van der Waals surface area contributed by atoms with Gasteiger partial charge in [-0.25, -0.2) is 0 Å². The molecule has 1 atom stereocenters. The minimum absolute atomic E-state index is 0.0907. The van der Waals surface area contributed by atoms with Crippen molar-refractivity contribution in [2.45, 2.75) is 32.2 Å². The summed E-state index contributed by atoms with van der Waals surface area (Å²) in [7, 11) is 0. The van der Waals surface area contributed by atoms with Crippen LogP contribution in [0.25, 0.3) is 0 Å². The first-order chi connectivity index (χ1) is 9.78. The number of hydrogen-bond acceptors (Lipinski definition) is 2. The van der Waals surface area contributed by atoms with Crippen molar-refractivity contribution in [1.82, 2.24) is 10.2 Å². The van der Waals surface area contributed by atoms with Gasteiger partial charge in [-0.1, -0.05) is 13.0 Å². The number of nitrogens with one attached hydrogen (secondary N) is 1. The molecule has 0 aromatic carbocycles. The highest BCUT2D eigenvalue weighted by Gasteiger charge is 2.35. The molecule has 104 valence electrons. The molecule has 0 spiro atoms. The SMILES string of the molecule is CCN1CCC[C@H]1CNC(=O)C1=C2C=C3CC3=C2C=C1. The highest BCUT2D eigenvalue weighted by molar-refractivity contribution is 6.01. The topological polar surface area (TPSA) is 32.3 Å². The van der Waals surface area contributed by atoms with Gasteiger partial charge in [0.05, 0.1) is 0 Å². The number of fused-ring (bicyclic) bond motifs is 2. The van der Waals surface area contributed by atoms with Crippen LogP contribution in [-0.4, -0.2) is 36.5 Å². The van der Waals surface area contributed by atoms with Crippen molar-refractivity contribution < 1.29 is 4.79 Å². The molecule has 1 N–H and O–H groups in total. The van der Waals surface area contributed by atoms with Gasteiger partial charge in [-0.15, -0.1) is 0 Å². The number of likely N-dealkylation sites (N-methyl/N-ethyl adjacent to an activating group) is 1. The zero-order chi connectivity index (χ0) is 13.7. The fourth-order valence-corrected chi connectivity index (χ4v) is 3.68. The molecule has 4 rings (SSSR count). The second-order valence-corrected chi connectivity index (χ2v) is 6.03. The van der Waals surface area contributed by atoms with Gasteiger partial charge in [0.25, 0.3) is 5.91 Å². The molecule has 0 unspecified atom stereocenters. The Morgan fingerprint density at radius 1 is 1.40 bits per heavy atom. The van der Waals surface area contributed by atoms with Crippen molar-refractivity contribution in [2.75, 3.05) is 19.6 Å². The second kappa shape index (κ2) is 4.45. The number of hydrogen-bond donors (Lipinski definition) is 1. The van der Waals surface area contributed by atoms with E-state index in [9.17, 15) is 4.79 Å². The van der Waals surface area contributed by atoms with E-state index < -0.39 is 0 Å². The summed E-state index contributed by atoms with van der Waals surface area (Å²) in [5.74, 6) is 0.0907. The van der Waals surface area contributed by atoms with Crippen molar-refractivity contribution in [3.05, 3.63) is 46.1 Å². The van der Waals surface area contributed by atoms with Crippen molar-refractivity contribution in [3.8, 4) is 0 Å². The Morgan fingerprint density at radius 3 is 3.15 bits per heavy atom. The van der Waals surface area contributed by atoms with Crippen molar-refractivity contribution >= 4 is 5.91 Å². The Kier molecular flexibility index (Phi) is 2.71. The Hall–Kier alpha value is -1.61. The fraction of sp³-hybridized carbons (Fsp3) is 0.471. The summed E-state index contributed by atoms with van der Waals surface area (Å²) in [6, 6.07) is 0.521. The summed E-state index contributed by atoms with van der Waals surface area (Å²) in [4.78, 5) is 14.8. The van der Waals surface area contributed by atoms with Crippen LogP contribution in [0, 0.1) is 0 Å². The zero-order valence-electron chi connectivity index (χ0n) is 11.9. The van der Waals surface area contributed by atoms with Gasteiger partial charge in [-0.2, -0.15) is 0 Å². The maximum absolute atomic E-state index is 12.4. The van der Waals surface area contributed by atoms with E-state index in [0.717, 1.165) is 30.7 Å². The summed E-state index contributed by atoms with van der Waals surface area (Å²) < 4.78 is 0. The van der Waals surface area contributed by atoms with Gasteiger partial charge in [0.2, 0.25) is 0 Å². The van der Waals surface area contributed by atoms with Gasteiger partial charge in [-0.3, -0.25) is 9.69 Å². The third-order valence-corrected chi connectivity index (χ3v) is 4.92. The van der Waals surface area contributed by atoms with E-state index >= 15 is 0 Å². The Balaban J connectivity index is 1.43. The Labute approximate surface area is 119 Å². The van der Waals surface area contributed by atoms with Crippen LogP contribution in [0.1, 0.15) is 26.2 Å². The van der Waals surface area contributed by atoms with E-state index in [1.165, 1.54) is 36.1 Å². The maximum Gasteiger partial charge on any atom is 0.251 e. The summed E-state index contributed by atoms with van der Waals surface area (Å²) in [6.07, 6.45) is 9.85. The molecule has 1 amide bonds. The van der Waals surface area contributed by atoms with Crippen LogP contribution < -0.4 is 5.32 Å². The fourth-order valence-electron chi connectivity index (χ4n) is 3.68. The first kappa shape index (κ1) is 12.2. The molecule has 0 aromatic heterocycles. The number of nitrogens with zero attached hydrogens (tertiary/aromatic N) is 1. The molecule has 1 saturated carbocycles. The van der Waals surface area contributed by atoms with E-state index in [1.54, 1.807) is 0 Å². The average Bonchev–Trinajstić information content (AvgIpc) is 2.85. The molecule has 4 aliphatic rings. The van der Waals surface area contributed by atoms with Gasteiger partial charge in [0.15, 0.2) is 0 Å². The highest BCUT2D eigenvalue weighted by atomic mass is 16.1. The van der Waals surface area contributed by atoms with Crippen LogP contribution in [0.5, 0.6) is 0 Å². The molecule has 0 bridgehead atoms. The molecule has 3 heteroatoms. The van der Waals surface area contributed by atoms with Crippen molar-refractivity contribution in [3.63, 3.8) is 0 Å². The number of rotatable bonds is 4. The molecule has 3 nitrogen and oxygen atoms in total. The van der Waals surface area contributed by atoms with Gasteiger partial charge in [0.1, 0.15) is 0 Å². The Morgan fingerprint density at radius 2 is 2.30 bits per heavy atom. The standard InChI is InChI=1S/C17H20N2O/c1-2-19-7-3-4-12(19)10-18-17(20)14-6-5-13-15-8-11(15)9-16(13)14/h5-6,9,12H,2-4,7-8,10H2,1H3,(H,18,20)/t12-/m0/s1. The van der Waals surface area contributed by atoms with E-state index in [1.807, 2.05) is 6.08 Å². The maximum atomic E-state index is 12.4. The first-order valence-electron chi connectivity index (χ1n) is 7.67. The quantitative estimate of drug-likeness (QED) is 0.847. The molecule has 2 fully saturated rings. The minimum atomic E-state index is 0.0907. The average molecular weight is 268 g/mol. The lowest BCUT2D eigenvalue weighted by Gasteiger charge is -2.23. The zero-order valence-corrected chi connectivity index (χ0v) is 11.9. The van der Waals surface area contributed by atoms with E-state index in [0.29, 0.717) is 6.04 Å². The molecular formula is C17H20N2O. The summed E-state index contributed by atoms with van der Waals surface area (Å²) in [6.45, 7) is 5.23. The lowest BCUT2D eigenvalue weighted by molar-refractivity contribution is -0.117. The minimum Gasteiger partial charge on any atom is -0.350 e. The molecular weight excluding hydrogens is 248 g/mol. The normalized spacial score (nSPS) is 27.1. The monoisotopic (exact) mass is 268 g/mol.